The van der Waals surface area contributed by atoms with Gasteiger partial charge in [0.1, 0.15) is 0 Å². The lowest BCUT2D eigenvalue weighted by Crippen LogP contribution is -2.41. The maximum absolute atomic E-state index is 10.3. The molecular weight excluding hydrogens is 152 g/mol. The highest BCUT2D eigenvalue weighted by Crippen LogP contribution is 1.94. The Kier molecular flexibility index (Phi) is 3.08. The lowest BCUT2D eigenvalue weighted by molar-refractivity contribution is 0.152. The Balaban J connectivity index is 4.07. The highest BCUT2D eigenvalue weighted by molar-refractivity contribution is 7.80. The first kappa shape index (κ1) is 9.16. The first-order chi connectivity index (χ1) is 4.46. The van der Waals surface area contributed by atoms with E-state index in [0.29, 0.717) is 0 Å². The topological polar surface area (TPSA) is 66.6 Å². The summed E-state index contributed by atoms with van der Waals surface area (Å²) < 4.78 is 0. The Morgan fingerprint density at radius 3 is 2.30 bits per heavy atom. The Morgan fingerprint density at radius 1 is 1.80 bits per heavy atom. The van der Waals surface area contributed by atoms with Crippen LogP contribution in [-0.2, 0) is 0 Å². The molecule has 5 heteroatoms. The first-order valence-corrected chi connectivity index (χ1v) is 3.12. The summed E-state index contributed by atoms with van der Waals surface area (Å²) in [6.45, 7) is 1.64. The molecule has 0 aliphatic carbocycles. The van der Waals surface area contributed by atoms with E-state index in [1.807, 2.05) is 0 Å². The molecule has 3 N–H and O–H groups in total. The largest absolute Gasteiger partial charge is 0.465 e. The zero-order chi connectivity index (χ0) is 8.31. The van der Waals surface area contributed by atoms with Crippen molar-refractivity contribution in [1.82, 2.24) is 4.90 Å². The lowest BCUT2D eigenvalue weighted by atomic mass is 10.3. The van der Waals surface area contributed by atoms with Crippen molar-refractivity contribution in [3.05, 3.63) is 0 Å². The molecule has 0 aromatic heterocycles. The quantitative estimate of drug-likeness (QED) is 0.572. The van der Waals surface area contributed by atoms with Gasteiger partial charge in [-0.3, -0.25) is 0 Å². The van der Waals surface area contributed by atoms with Crippen LogP contribution >= 0.6 is 12.2 Å². The summed E-state index contributed by atoms with van der Waals surface area (Å²) in [6, 6.07) is -0.396. The van der Waals surface area contributed by atoms with Crippen LogP contribution < -0.4 is 5.73 Å². The molecule has 0 saturated heterocycles. The SMILES string of the molecule is C[C@H](C(N)=S)N(C)C(=O)O. The number of hydrogen-bond donors (Lipinski definition) is 2. The van der Waals surface area contributed by atoms with E-state index in [1.54, 1.807) is 6.92 Å². The first-order valence-electron chi connectivity index (χ1n) is 2.72. The van der Waals surface area contributed by atoms with Crippen molar-refractivity contribution in [3.63, 3.8) is 0 Å². The number of rotatable bonds is 2. The number of hydrogen-bond acceptors (Lipinski definition) is 2. The lowest BCUT2D eigenvalue weighted by Gasteiger charge is -2.19. The van der Waals surface area contributed by atoms with E-state index in [1.165, 1.54) is 7.05 Å². The number of amides is 1. The van der Waals surface area contributed by atoms with Gasteiger partial charge in [0.15, 0.2) is 0 Å². The summed E-state index contributed by atoms with van der Waals surface area (Å²) in [6.07, 6.45) is -1.03. The third-order valence-corrected chi connectivity index (χ3v) is 1.64. The van der Waals surface area contributed by atoms with E-state index in [9.17, 15) is 4.79 Å². The average molecular weight is 162 g/mol. The van der Waals surface area contributed by atoms with Crippen molar-refractivity contribution in [2.24, 2.45) is 5.73 Å². The van der Waals surface area contributed by atoms with E-state index < -0.39 is 12.1 Å². The van der Waals surface area contributed by atoms with Gasteiger partial charge in [-0.15, -0.1) is 0 Å². The maximum atomic E-state index is 10.3. The van der Waals surface area contributed by atoms with Gasteiger partial charge in [0.05, 0.1) is 11.0 Å². The minimum absolute atomic E-state index is 0.185. The van der Waals surface area contributed by atoms with Crippen LogP contribution in [0, 0.1) is 0 Å². The molecule has 0 heterocycles. The van der Waals surface area contributed by atoms with Crippen LogP contribution in [-0.4, -0.2) is 34.2 Å². The van der Waals surface area contributed by atoms with Crippen molar-refractivity contribution in [2.75, 3.05) is 7.05 Å². The standard InChI is InChI=1S/C5H10N2O2S/c1-3(4(6)10)7(2)5(8)9/h3H,1-2H3,(H2,6,10)(H,8,9)/t3-/m1/s1. The summed E-state index contributed by atoms with van der Waals surface area (Å²) in [5, 5.41) is 8.41. The van der Waals surface area contributed by atoms with Gasteiger partial charge in [0, 0.05) is 7.05 Å². The molecule has 1 amide bonds. The van der Waals surface area contributed by atoms with Crippen LogP contribution in [0.2, 0.25) is 0 Å². The van der Waals surface area contributed by atoms with Crippen LogP contribution in [0.4, 0.5) is 4.79 Å². The minimum atomic E-state index is -1.03. The molecule has 0 aliphatic heterocycles. The molecule has 0 fully saturated rings. The normalized spacial score (nSPS) is 12.2. The van der Waals surface area contributed by atoms with Crippen LogP contribution in [0.25, 0.3) is 0 Å². The molecular formula is C5H10N2O2S. The highest BCUT2D eigenvalue weighted by atomic mass is 32.1. The molecule has 10 heavy (non-hydrogen) atoms. The van der Waals surface area contributed by atoms with Gasteiger partial charge >= 0.3 is 6.09 Å². The van der Waals surface area contributed by atoms with Gasteiger partial charge in [-0.1, -0.05) is 12.2 Å². The van der Waals surface area contributed by atoms with Crippen molar-refractivity contribution in [1.29, 1.82) is 0 Å². The second kappa shape index (κ2) is 3.36. The maximum Gasteiger partial charge on any atom is 0.407 e. The van der Waals surface area contributed by atoms with Crippen LogP contribution in [0.15, 0.2) is 0 Å². The molecule has 0 aromatic carbocycles. The number of carboxylic acid groups (broad SMARTS) is 1. The fourth-order valence-corrected chi connectivity index (χ4v) is 0.515. The Hall–Kier alpha value is -0.840. The second-order valence-electron chi connectivity index (χ2n) is 1.97. The molecule has 0 radical (unpaired) electrons. The molecule has 0 rings (SSSR count). The molecule has 0 unspecified atom stereocenters. The van der Waals surface area contributed by atoms with Crippen molar-refractivity contribution < 1.29 is 9.90 Å². The minimum Gasteiger partial charge on any atom is -0.465 e. The zero-order valence-corrected chi connectivity index (χ0v) is 6.68. The number of nitrogens with zero attached hydrogens (tertiary/aromatic N) is 1. The predicted molar refractivity (Wildman–Crippen MR) is 42.0 cm³/mol. The fourth-order valence-electron chi connectivity index (χ4n) is 0.357. The van der Waals surface area contributed by atoms with Gasteiger partial charge < -0.3 is 15.7 Å². The van der Waals surface area contributed by atoms with E-state index in [2.05, 4.69) is 12.2 Å². The van der Waals surface area contributed by atoms with Crippen LogP contribution in [0.3, 0.4) is 0 Å². The summed E-state index contributed by atoms with van der Waals surface area (Å²) in [4.78, 5) is 11.5. The average Bonchev–Trinajstić information content (AvgIpc) is 1.84. The predicted octanol–water partition coefficient (Wildman–Crippen LogP) is 0.271. The van der Waals surface area contributed by atoms with Crippen LogP contribution in [0.1, 0.15) is 6.92 Å². The molecule has 0 spiro atoms. The molecule has 0 aromatic rings. The van der Waals surface area contributed by atoms with E-state index in [0.717, 1.165) is 4.90 Å². The third-order valence-electron chi connectivity index (χ3n) is 1.29. The Morgan fingerprint density at radius 2 is 2.20 bits per heavy atom. The summed E-state index contributed by atoms with van der Waals surface area (Å²) in [5.41, 5.74) is 5.20. The molecule has 0 saturated carbocycles. The number of nitrogens with two attached hydrogens (primary N) is 1. The summed E-state index contributed by atoms with van der Waals surface area (Å²) >= 11 is 4.59. The van der Waals surface area contributed by atoms with Gasteiger partial charge in [0.25, 0.3) is 0 Å². The number of likely N-dealkylation sites (N-methyl/N-ethyl adjacent to an activating group) is 1. The monoisotopic (exact) mass is 162 g/mol. The number of thiocarbonyl (C=S) groups is 1. The van der Waals surface area contributed by atoms with E-state index in [-0.39, 0.29) is 4.99 Å². The van der Waals surface area contributed by atoms with Crippen molar-refractivity contribution >= 4 is 23.3 Å². The second-order valence-corrected chi connectivity index (χ2v) is 2.44. The van der Waals surface area contributed by atoms with Crippen molar-refractivity contribution in [2.45, 2.75) is 13.0 Å². The van der Waals surface area contributed by atoms with Crippen LogP contribution in [0.5, 0.6) is 0 Å². The molecule has 1 atom stereocenters. The molecule has 0 aliphatic rings. The summed E-state index contributed by atoms with van der Waals surface area (Å²) in [5.74, 6) is 0. The van der Waals surface area contributed by atoms with E-state index in [4.69, 9.17) is 10.8 Å². The highest BCUT2D eigenvalue weighted by Gasteiger charge is 2.15. The molecule has 0 bridgehead atoms. The molecule has 4 nitrogen and oxygen atoms in total. The van der Waals surface area contributed by atoms with Gasteiger partial charge in [0.2, 0.25) is 0 Å². The Labute approximate surface area is 64.6 Å². The fraction of sp³-hybridized carbons (Fsp3) is 0.600. The van der Waals surface area contributed by atoms with Crippen molar-refractivity contribution in [3.8, 4) is 0 Å². The zero-order valence-electron chi connectivity index (χ0n) is 5.87. The number of carbonyl (C=O) groups is 1. The summed E-state index contributed by atoms with van der Waals surface area (Å²) in [7, 11) is 1.42. The van der Waals surface area contributed by atoms with Gasteiger partial charge in [-0.2, -0.15) is 0 Å². The van der Waals surface area contributed by atoms with Gasteiger partial charge in [-0.05, 0) is 6.92 Å². The van der Waals surface area contributed by atoms with E-state index >= 15 is 0 Å². The molecule has 58 valence electrons. The Bertz CT molecular complexity index is 142. The van der Waals surface area contributed by atoms with Gasteiger partial charge in [-0.25, -0.2) is 4.79 Å². The third kappa shape index (κ3) is 2.18. The smallest absolute Gasteiger partial charge is 0.407 e.